The number of piperazine rings is 1. The van der Waals surface area contributed by atoms with Gasteiger partial charge in [0.05, 0.1) is 25.4 Å². The first-order valence-electron chi connectivity index (χ1n) is 6.18. The SMILES string of the molecule is CC1(C)CN(CCOCCO)C(O)C(C)(C)N1. The van der Waals surface area contributed by atoms with Gasteiger partial charge in [0, 0.05) is 18.6 Å². The topological polar surface area (TPSA) is 65.0 Å². The third-order valence-corrected chi connectivity index (χ3v) is 3.01. The highest BCUT2D eigenvalue weighted by Crippen LogP contribution is 2.25. The maximum Gasteiger partial charge on any atom is 0.125 e. The van der Waals surface area contributed by atoms with Crippen molar-refractivity contribution in [3.05, 3.63) is 0 Å². The molecule has 3 N–H and O–H groups in total. The van der Waals surface area contributed by atoms with Gasteiger partial charge < -0.3 is 20.3 Å². The Morgan fingerprint density at radius 2 is 1.94 bits per heavy atom. The van der Waals surface area contributed by atoms with E-state index in [4.69, 9.17) is 9.84 Å². The Bertz CT molecular complexity index is 244. The molecule has 0 aromatic carbocycles. The van der Waals surface area contributed by atoms with Crippen molar-refractivity contribution in [2.24, 2.45) is 0 Å². The summed E-state index contributed by atoms with van der Waals surface area (Å²) in [5, 5.41) is 22.3. The minimum atomic E-state index is -0.520. The average molecular weight is 246 g/mol. The normalized spacial score (nSPS) is 28.2. The van der Waals surface area contributed by atoms with E-state index in [0.29, 0.717) is 19.8 Å². The van der Waals surface area contributed by atoms with Crippen molar-refractivity contribution >= 4 is 0 Å². The van der Waals surface area contributed by atoms with Gasteiger partial charge in [0.15, 0.2) is 0 Å². The zero-order chi connectivity index (χ0) is 13.1. The van der Waals surface area contributed by atoms with Crippen molar-refractivity contribution in [3.63, 3.8) is 0 Å². The highest BCUT2D eigenvalue weighted by molar-refractivity contribution is 5.00. The summed E-state index contributed by atoms with van der Waals surface area (Å²) in [5.74, 6) is 0. The molecule has 1 unspecified atom stereocenters. The second-order valence-corrected chi connectivity index (χ2v) is 5.91. The molecule has 0 saturated carbocycles. The molecular weight excluding hydrogens is 220 g/mol. The molecular formula is C12H26N2O3. The van der Waals surface area contributed by atoms with Crippen LogP contribution in [0.2, 0.25) is 0 Å². The summed E-state index contributed by atoms with van der Waals surface area (Å²) in [6.45, 7) is 10.6. The Morgan fingerprint density at radius 3 is 2.53 bits per heavy atom. The molecule has 1 fully saturated rings. The lowest BCUT2D eigenvalue weighted by Crippen LogP contribution is -2.71. The first-order chi connectivity index (χ1) is 7.78. The number of aliphatic hydroxyl groups excluding tert-OH is 2. The van der Waals surface area contributed by atoms with Crippen LogP contribution in [-0.2, 0) is 4.74 Å². The Balaban J connectivity index is 2.51. The molecule has 0 aromatic heterocycles. The van der Waals surface area contributed by atoms with Crippen LogP contribution in [0.3, 0.4) is 0 Å². The molecule has 1 saturated heterocycles. The fraction of sp³-hybridized carbons (Fsp3) is 1.00. The van der Waals surface area contributed by atoms with Gasteiger partial charge in [-0.05, 0) is 27.7 Å². The van der Waals surface area contributed by atoms with E-state index < -0.39 is 6.23 Å². The van der Waals surface area contributed by atoms with Gasteiger partial charge in [-0.25, -0.2) is 0 Å². The first kappa shape index (κ1) is 14.9. The minimum Gasteiger partial charge on any atom is -0.394 e. The van der Waals surface area contributed by atoms with Crippen molar-refractivity contribution < 1.29 is 14.9 Å². The van der Waals surface area contributed by atoms with Crippen LogP contribution in [-0.4, -0.2) is 65.3 Å². The molecule has 0 amide bonds. The summed E-state index contributed by atoms with van der Waals surface area (Å²) in [5.41, 5.74) is -0.363. The number of nitrogens with zero attached hydrogens (tertiary/aromatic N) is 1. The lowest BCUT2D eigenvalue weighted by molar-refractivity contribution is -0.112. The number of ether oxygens (including phenoxy) is 1. The Hall–Kier alpha value is -0.200. The van der Waals surface area contributed by atoms with Crippen molar-refractivity contribution in [1.29, 1.82) is 0 Å². The molecule has 1 heterocycles. The average Bonchev–Trinajstić information content (AvgIpc) is 2.18. The predicted octanol–water partition coefficient (Wildman–Crippen LogP) is -0.224. The Labute approximate surface area is 104 Å². The summed E-state index contributed by atoms with van der Waals surface area (Å²) in [7, 11) is 0. The van der Waals surface area contributed by atoms with Crippen LogP contribution in [0.1, 0.15) is 27.7 Å². The molecule has 0 spiro atoms. The van der Waals surface area contributed by atoms with Gasteiger partial charge in [0.1, 0.15) is 6.23 Å². The summed E-state index contributed by atoms with van der Waals surface area (Å²) < 4.78 is 5.25. The molecule has 0 radical (unpaired) electrons. The highest BCUT2D eigenvalue weighted by Gasteiger charge is 2.43. The third-order valence-electron chi connectivity index (χ3n) is 3.01. The zero-order valence-electron chi connectivity index (χ0n) is 11.4. The molecule has 102 valence electrons. The summed E-state index contributed by atoms with van der Waals surface area (Å²) in [6, 6.07) is 0. The minimum absolute atomic E-state index is 0.0281. The fourth-order valence-corrected chi connectivity index (χ4v) is 2.58. The molecule has 0 aromatic rings. The quantitative estimate of drug-likeness (QED) is 0.585. The van der Waals surface area contributed by atoms with E-state index in [1.54, 1.807) is 0 Å². The predicted molar refractivity (Wildman–Crippen MR) is 66.8 cm³/mol. The van der Waals surface area contributed by atoms with Crippen LogP contribution >= 0.6 is 0 Å². The van der Waals surface area contributed by atoms with Crippen molar-refractivity contribution in [2.75, 3.05) is 32.9 Å². The van der Waals surface area contributed by atoms with E-state index >= 15 is 0 Å². The molecule has 0 aliphatic carbocycles. The van der Waals surface area contributed by atoms with E-state index in [2.05, 4.69) is 19.2 Å². The molecule has 1 aliphatic rings. The van der Waals surface area contributed by atoms with E-state index in [-0.39, 0.29) is 17.7 Å². The Morgan fingerprint density at radius 1 is 1.29 bits per heavy atom. The van der Waals surface area contributed by atoms with Gasteiger partial charge in [-0.1, -0.05) is 0 Å². The lowest BCUT2D eigenvalue weighted by Gasteiger charge is -2.51. The van der Waals surface area contributed by atoms with E-state index in [0.717, 1.165) is 6.54 Å². The number of aliphatic hydroxyl groups is 2. The lowest BCUT2D eigenvalue weighted by atomic mass is 9.90. The monoisotopic (exact) mass is 246 g/mol. The van der Waals surface area contributed by atoms with E-state index in [1.165, 1.54) is 0 Å². The molecule has 1 rings (SSSR count). The maximum absolute atomic E-state index is 10.2. The van der Waals surface area contributed by atoms with Crippen molar-refractivity contribution in [2.45, 2.75) is 45.0 Å². The van der Waals surface area contributed by atoms with Crippen molar-refractivity contribution in [1.82, 2.24) is 10.2 Å². The van der Waals surface area contributed by atoms with Crippen LogP contribution in [0.25, 0.3) is 0 Å². The second-order valence-electron chi connectivity index (χ2n) is 5.91. The molecule has 5 nitrogen and oxygen atoms in total. The first-order valence-corrected chi connectivity index (χ1v) is 6.18. The van der Waals surface area contributed by atoms with E-state index in [9.17, 15) is 5.11 Å². The number of nitrogens with one attached hydrogen (secondary N) is 1. The molecule has 1 aliphatic heterocycles. The number of rotatable bonds is 5. The second kappa shape index (κ2) is 5.63. The third kappa shape index (κ3) is 4.19. The van der Waals surface area contributed by atoms with Gasteiger partial charge in [-0.2, -0.15) is 0 Å². The number of hydrogen-bond acceptors (Lipinski definition) is 5. The van der Waals surface area contributed by atoms with Crippen LogP contribution in [0.15, 0.2) is 0 Å². The molecule has 0 bridgehead atoms. The standard InChI is InChI=1S/C12H26N2O3/c1-11(2)9-14(5-7-17-8-6-15)10(16)12(3,4)13-11/h10,13,15-16H,5-9H2,1-4H3. The van der Waals surface area contributed by atoms with Crippen LogP contribution in [0.5, 0.6) is 0 Å². The van der Waals surface area contributed by atoms with Gasteiger partial charge in [0.25, 0.3) is 0 Å². The van der Waals surface area contributed by atoms with Gasteiger partial charge in [0.2, 0.25) is 0 Å². The van der Waals surface area contributed by atoms with E-state index in [1.807, 2.05) is 18.7 Å². The smallest absolute Gasteiger partial charge is 0.125 e. The van der Waals surface area contributed by atoms with Crippen LogP contribution < -0.4 is 5.32 Å². The van der Waals surface area contributed by atoms with Crippen LogP contribution in [0.4, 0.5) is 0 Å². The zero-order valence-corrected chi connectivity index (χ0v) is 11.4. The van der Waals surface area contributed by atoms with Gasteiger partial charge in [-0.15, -0.1) is 0 Å². The molecule has 1 atom stereocenters. The summed E-state index contributed by atoms with van der Waals surface area (Å²) >= 11 is 0. The summed E-state index contributed by atoms with van der Waals surface area (Å²) in [4.78, 5) is 2.02. The largest absolute Gasteiger partial charge is 0.394 e. The maximum atomic E-state index is 10.2. The van der Waals surface area contributed by atoms with Gasteiger partial charge >= 0.3 is 0 Å². The van der Waals surface area contributed by atoms with Crippen molar-refractivity contribution in [3.8, 4) is 0 Å². The highest BCUT2D eigenvalue weighted by atomic mass is 16.5. The Kier molecular flexibility index (Phi) is 4.92. The summed E-state index contributed by atoms with van der Waals surface area (Å²) in [6.07, 6.45) is -0.520. The molecule has 17 heavy (non-hydrogen) atoms. The van der Waals surface area contributed by atoms with Gasteiger partial charge in [-0.3, -0.25) is 4.90 Å². The van der Waals surface area contributed by atoms with Crippen LogP contribution in [0, 0.1) is 0 Å². The fourth-order valence-electron chi connectivity index (χ4n) is 2.58. The number of hydrogen-bond donors (Lipinski definition) is 3. The molecule has 5 heteroatoms.